The topological polar surface area (TPSA) is 0 Å². The number of benzene rings is 8. The largest absolute Gasteiger partial charge is 0.0622 e. The van der Waals surface area contributed by atoms with Gasteiger partial charge in [-0.15, -0.1) is 0 Å². The first-order chi connectivity index (χ1) is 17.9. The highest BCUT2D eigenvalue weighted by Crippen LogP contribution is 2.47. The molecule has 0 aliphatic heterocycles. The van der Waals surface area contributed by atoms with Crippen LogP contribution in [0.5, 0.6) is 0 Å². The summed E-state index contributed by atoms with van der Waals surface area (Å²) in [5.41, 5.74) is 5.06. The van der Waals surface area contributed by atoms with E-state index in [2.05, 4.69) is 133 Å². The van der Waals surface area contributed by atoms with Gasteiger partial charge in [0.15, 0.2) is 0 Å². The fourth-order valence-corrected chi connectivity index (χ4v) is 6.30. The summed E-state index contributed by atoms with van der Waals surface area (Å²) < 4.78 is 0. The average molecular weight is 455 g/mol. The molecule has 0 spiro atoms. The first-order valence-corrected chi connectivity index (χ1v) is 12.5. The summed E-state index contributed by atoms with van der Waals surface area (Å²) in [6.07, 6.45) is 0. The molecule has 8 rings (SSSR count). The van der Waals surface area contributed by atoms with Crippen molar-refractivity contribution in [2.24, 2.45) is 0 Å². The Morgan fingerprint density at radius 3 is 1.61 bits per heavy atom. The second-order valence-corrected chi connectivity index (χ2v) is 9.68. The molecule has 0 aromatic heterocycles. The fraction of sp³-hybridized carbons (Fsp3) is 0. The highest BCUT2D eigenvalue weighted by Gasteiger charge is 2.19. The Hall–Kier alpha value is -4.68. The van der Waals surface area contributed by atoms with E-state index in [9.17, 15) is 0 Å². The molecule has 0 amide bonds. The number of rotatable bonds is 2. The highest BCUT2D eigenvalue weighted by atomic mass is 14.2. The van der Waals surface area contributed by atoms with Gasteiger partial charge in [-0.2, -0.15) is 0 Å². The summed E-state index contributed by atoms with van der Waals surface area (Å²) in [4.78, 5) is 0. The van der Waals surface area contributed by atoms with Crippen molar-refractivity contribution in [2.45, 2.75) is 0 Å². The molecule has 8 aromatic rings. The van der Waals surface area contributed by atoms with E-state index in [4.69, 9.17) is 0 Å². The molecule has 36 heavy (non-hydrogen) atoms. The van der Waals surface area contributed by atoms with Gasteiger partial charge in [0.25, 0.3) is 0 Å². The Morgan fingerprint density at radius 2 is 0.778 bits per heavy atom. The fourth-order valence-electron chi connectivity index (χ4n) is 6.30. The Balaban J connectivity index is 1.60. The van der Waals surface area contributed by atoms with Gasteiger partial charge in [0.05, 0.1) is 0 Å². The summed E-state index contributed by atoms with van der Waals surface area (Å²) in [6, 6.07) is 48.9. The lowest BCUT2D eigenvalue weighted by Gasteiger charge is -2.20. The third-order valence-corrected chi connectivity index (χ3v) is 7.77. The van der Waals surface area contributed by atoms with Crippen molar-refractivity contribution in [3.8, 4) is 22.3 Å². The smallest absolute Gasteiger partial charge is 0.00137 e. The van der Waals surface area contributed by atoms with E-state index in [0.717, 1.165) is 0 Å². The molecule has 0 aliphatic rings. The zero-order chi connectivity index (χ0) is 23.6. The molecule has 0 fully saturated rings. The first-order valence-electron chi connectivity index (χ1n) is 12.5. The number of fused-ring (bicyclic) bond motifs is 4. The minimum Gasteiger partial charge on any atom is -0.0622 e. The predicted octanol–water partition coefficient (Wildman–Crippen LogP) is 10.2. The second-order valence-electron chi connectivity index (χ2n) is 9.68. The van der Waals surface area contributed by atoms with Crippen LogP contribution in [0.4, 0.5) is 0 Å². The zero-order valence-corrected chi connectivity index (χ0v) is 19.7. The van der Waals surface area contributed by atoms with Crippen molar-refractivity contribution in [1.29, 1.82) is 0 Å². The van der Waals surface area contributed by atoms with E-state index >= 15 is 0 Å². The normalized spacial score (nSPS) is 11.9. The molecule has 0 saturated heterocycles. The van der Waals surface area contributed by atoms with Crippen LogP contribution in [0, 0.1) is 0 Å². The Labute approximate surface area is 209 Å². The lowest BCUT2D eigenvalue weighted by molar-refractivity contribution is 1.61. The molecule has 0 heteroatoms. The van der Waals surface area contributed by atoms with Gasteiger partial charge in [0.2, 0.25) is 0 Å². The van der Waals surface area contributed by atoms with E-state index in [-0.39, 0.29) is 0 Å². The van der Waals surface area contributed by atoms with Gasteiger partial charge in [-0.05, 0) is 82.2 Å². The molecule has 166 valence electrons. The van der Waals surface area contributed by atoms with Crippen molar-refractivity contribution < 1.29 is 0 Å². The molecule has 0 atom stereocenters. The standard InChI is InChI=1S/C36H22/c1-2-10-23(11-3-1)25-14-6-15-26(22-25)34-27-16-4-5-17-29(27)35-31-20-8-13-24-12-7-18-28(33(24)31)30-19-9-21-32(34)36(30)35/h1-22H. The van der Waals surface area contributed by atoms with Crippen LogP contribution in [0.25, 0.3) is 76.1 Å². The first kappa shape index (κ1) is 19.6. The van der Waals surface area contributed by atoms with E-state index in [1.807, 2.05) is 0 Å². The summed E-state index contributed by atoms with van der Waals surface area (Å²) >= 11 is 0. The van der Waals surface area contributed by atoms with Crippen molar-refractivity contribution in [3.05, 3.63) is 133 Å². The van der Waals surface area contributed by atoms with Crippen LogP contribution in [0.1, 0.15) is 0 Å². The van der Waals surface area contributed by atoms with E-state index in [0.29, 0.717) is 0 Å². The molecule has 0 N–H and O–H groups in total. The molecule has 0 saturated carbocycles. The SMILES string of the molecule is c1ccc(-c2cccc(-c3c4ccccc4c4c5cccc6cccc(c7cccc3c74)c65)c2)cc1. The number of hydrogen-bond donors (Lipinski definition) is 0. The predicted molar refractivity (Wildman–Crippen MR) is 156 cm³/mol. The van der Waals surface area contributed by atoms with Gasteiger partial charge in [0, 0.05) is 0 Å². The van der Waals surface area contributed by atoms with Crippen LogP contribution in [-0.2, 0) is 0 Å². The van der Waals surface area contributed by atoms with E-state index in [1.165, 1.54) is 76.1 Å². The second kappa shape index (κ2) is 7.41. The monoisotopic (exact) mass is 454 g/mol. The molecule has 8 aromatic carbocycles. The van der Waals surface area contributed by atoms with Crippen molar-refractivity contribution >= 4 is 53.9 Å². The molecular formula is C36H22. The van der Waals surface area contributed by atoms with Crippen LogP contribution in [0.15, 0.2) is 133 Å². The lowest BCUT2D eigenvalue weighted by Crippen LogP contribution is -1.92. The van der Waals surface area contributed by atoms with E-state index in [1.54, 1.807) is 0 Å². The Kier molecular flexibility index (Phi) is 4.03. The van der Waals surface area contributed by atoms with Crippen LogP contribution >= 0.6 is 0 Å². The minimum atomic E-state index is 1.24. The zero-order valence-electron chi connectivity index (χ0n) is 19.7. The number of hydrogen-bond acceptors (Lipinski definition) is 0. The summed E-state index contributed by atoms with van der Waals surface area (Å²) in [7, 11) is 0. The summed E-state index contributed by atoms with van der Waals surface area (Å²) in [5, 5.41) is 13.3. The van der Waals surface area contributed by atoms with Gasteiger partial charge < -0.3 is 0 Å². The van der Waals surface area contributed by atoms with Gasteiger partial charge >= 0.3 is 0 Å². The molecule has 0 nitrogen and oxygen atoms in total. The van der Waals surface area contributed by atoms with Gasteiger partial charge in [-0.3, -0.25) is 0 Å². The highest BCUT2D eigenvalue weighted by molar-refractivity contribution is 6.40. The maximum absolute atomic E-state index is 2.35. The quantitative estimate of drug-likeness (QED) is 0.180. The van der Waals surface area contributed by atoms with Gasteiger partial charge in [-0.25, -0.2) is 0 Å². The summed E-state index contributed by atoms with van der Waals surface area (Å²) in [6.45, 7) is 0. The third-order valence-electron chi connectivity index (χ3n) is 7.77. The molecule has 0 bridgehead atoms. The maximum Gasteiger partial charge on any atom is -0.00137 e. The van der Waals surface area contributed by atoms with Crippen LogP contribution in [0.2, 0.25) is 0 Å². The lowest BCUT2D eigenvalue weighted by atomic mass is 9.83. The van der Waals surface area contributed by atoms with Crippen molar-refractivity contribution in [3.63, 3.8) is 0 Å². The van der Waals surface area contributed by atoms with Crippen LogP contribution in [-0.4, -0.2) is 0 Å². The van der Waals surface area contributed by atoms with Crippen LogP contribution in [0.3, 0.4) is 0 Å². The molecular weight excluding hydrogens is 432 g/mol. The van der Waals surface area contributed by atoms with Gasteiger partial charge in [-0.1, -0.05) is 127 Å². The third kappa shape index (κ3) is 2.64. The average Bonchev–Trinajstić information content (AvgIpc) is 2.95. The molecule has 0 aliphatic carbocycles. The summed E-state index contributed by atoms with van der Waals surface area (Å²) in [5.74, 6) is 0. The van der Waals surface area contributed by atoms with Crippen molar-refractivity contribution in [2.75, 3.05) is 0 Å². The molecule has 0 radical (unpaired) electrons. The minimum absolute atomic E-state index is 1.24. The van der Waals surface area contributed by atoms with Gasteiger partial charge in [0.1, 0.15) is 0 Å². The van der Waals surface area contributed by atoms with Crippen LogP contribution < -0.4 is 0 Å². The molecule has 0 heterocycles. The Bertz CT molecular complexity index is 2080. The molecule has 0 unspecified atom stereocenters. The maximum atomic E-state index is 2.35. The van der Waals surface area contributed by atoms with Crippen molar-refractivity contribution in [1.82, 2.24) is 0 Å². The Morgan fingerprint density at radius 1 is 0.278 bits per heavy atom. The van der Waals surface area contributed by atoms with E-state index < -0.39 is 0 Å².